The van der Waals surface area contributed by atoms with Crippen LogP contribution in [-0.4, -0.2) is 5.78 Å². The normalized spacial score (nSPS) is 25.2. The minimum Gasteiger partial charge on any atom is -0.299 e. The molecule has 0 spiro atoms. The molecule has 0 aromatic heterocycles. The number of carbonyl (C=O) groups excluding carboxylic acids is 1. The lowest BCUT2D eigenvalue weighted by atomic mass is 9.78. The Morgan fingerprint density at radius 1 is 1.06 bits per heavy atom. The Hall–Kier alpha value is -0.330. The van der Waals surface area contributed by atoms with Crippen LogP contribution in [0.3, 0.4) is 0 Å². The lowest BCUT2D eigenvalue weighted by molar-refractivity contribution is -0.122. The van der Waals surface area contributed by atoms with Crippen molar-refractivity contribution in [3.63, 3.8) is 0 Å². The molecule has 1 heteroatoms. The third-order valence-corrected chi connectivity index (χ3v) is 4.38. The van der Waals surface area contributed by atoms with E-state index in [0.29, 0.717) is 5.78 Å². The molecule has 0 saturated heterocycles. The van der Waals surface area contributed by atoms with Gasteiger partial charge in [-0.25, -0.2) is 0 Å². The molecule has 0 radical (unpaired) electrons. The molecule has 1 nitrogen and oxygen atoms in total. The fourth-order valence-electron chi connectivity index (χ4n) is 2.94. The van der Waals surface area contributed by atoms with Gasteiger partial charge in [0.25, 0.3) is 0 Å². The van der Waals surface area contributed by atoms with Crippen molar-refractivity contribution in [1.29, 1.82) is 0 Å². The second kappa shape index (κ2) is 7.89. The van der Waals surface area contributed by atoms with E-state index in [2.05, 4.69) is 6.92 Å². The van der Waals surface area contributed by atoms with Crippen molar-refractivity contribution >= 4 is 5.78 Å². The van der Waals surface area contributed by atoms with E-state index in [1.807, 2.05) is 13.8 Å². The highest BCUT2D eigenvalue weighted by Crippen LogP contribution is 2.34. The first-order valence-corrected chi connectivity index (χ1v) is 7.66. The standard InChI is InChI=1S/C16H30O/c1-4-5-6-14-7-9-15(10-8-14)11-12-16(17)13(2)3/h13-15H,4-12H2,1-3H3. The summed E-state index contributed by atoms with van der Waals surface area (Å²) >= 11 is 0. The first-order chi connectivity index (χ1) is 8.13. The number of hydrogen-bond acceptors (Lipinski definition) is 1. The van der Waals surface area contributed by atoms with Crippen molar-refractivity contribution in [3.05, 3.63) is 0 Å². The van der Waals surface area contributed by atoms with Crippen molar-refractivity contribution < 1.29 is 4.79 Å². The monoisotopic (exact) mass is 238 g/mol. The number of Topliss-reactive ketones (excluding diaryl/α,β-unsaturated/α-hetero) is 1. The second-order valence-corrected chi connectivity index (χ2v) is 6.19. The molecular formula is C16H30O. The maximum absolute atomic E-state index is 11.6. The topological polar surface area (TPSA) is 17.1 Å². The van der Waals surface area contributed by atoms with Crippen molar-refractivity contribution in [3.8, 4) is 0 Å². The minimum absolute atomic E-state index is 0.232. The summed E-state index contributed by atoms with van der Waals surface area (Å²) < 4.78 is 0. The molecule has 0 atom stereocenters. The molecule has 17 heavy (non-hydrogen) atoms. The highest BCUT2D eigenvalue weighted by Gasteiger charge is 2.21. The molecule has 0 aromatic rings. The largest absolute Gasteiger partial charge is 0.299 e. The van der Waals surface area contributed by atoms with Gasteiger partial charge in [-0.1, -0.05) is 65.7 Å². The summed E-state index contributed by atoms with van der Waals surface area (Å²) in [5.41, 5.74) is 0. The van der Waals surface area contributed by atoms with Gasteiger partial charge in [0.2, 0.25) is 0 Å². The SMILES string of the molecule is CCCCC1CCC(CCC(=O)C(C)C)CC1. The molecule has 0 amide bonds. The lowest BCUT2D eigenvalue weighted by Gasteiger charge is -2.28. The van der Waals surface area contributed by atoms with Crippen LogP contribution in [0.1, 0.15) is 78.6 Å². The highest BCUT2D eigenvalue weighted by molar-refractivity contribution is 5.80. The van der Waals surface area contributed by atoms with Gasteiger partial charge in [0.15, 0.2) is 0 Å². The van der Waals surface area contributed by atoms with Gasteiger partial charge in [0.05, 0.1) is 0 Å². The number of hydrogen-bond donors (Lipinski definition) is 0. The van der Waals surface area contributed by atoms with Gasteiger partial charge in [-0.05, 0) is 18.3 Å². The second-order valence-electron chi connectivity index (χ2n) is 6.19. The Bertz CT molecular complexity index is 212. The molecule has 1 rings (SSSR count). The Morgan fingerprint density at radius 3 is 2.06 bits per heavy atom. The van der Waals surface area contributed by atoms with Crippen molar-refractivity contribution in [1.82, 2.24) is 0 Å². The summed E-state index contributed by atoms with van der Waals surface area (Å²) in [5.74, 6) is 2.52. The molecule has 1 aliphatic carbocycles. The van der Waals surface area contributed by atoms with Crippen molar-refractivity contribution in [2.75, 3.05) is 0 Å². The fraction of sp³-hybridized carbons (Fsp3) is 0.938. The van der Waals surface area contributed by atoms with E-state index in [4.69, 9.17) is 0 Å². The van der Waals surface area contributed by atoms with Gasteiger partial charge < -0.3 is 0 Å². The van der Waals surface area contributed by atoms with Gasteiger partial charge in [0, 0.05) is 12.3 Å². The van der Waals surface area contributed by atoms with E-state index < -0.39 is 0 Å². The van der Waals surface area contributed by atoms with Crippen LogP contribution in [0.5, 0.6) is 0 Å². The molecule has 1 aliphatic rings. The zero-order valence-electron chi connectivity index (χ0n) is 12.0. The first kappa shape index (κ1) is 14.7. The van der Waals surface area contributed by atoms with Crippen LogP contribution in [-0.2, 0) is 4.79 Å². The molecule has 100 valence electrons. The van der Waals surface area contributed by atoms with Crippen LogP contribution < -0.4 is 0 Å². The zero-order valence-corrected chi connectivity index (χ0v) is 12.0. The number of rotatable bonds is 7. The quantitative estimate of drug-likeness (QED) is 0.611. The van der Waals surface area contributed by atoms with E-state index in [0.717, 1.165) is 24.7 Å². The smallest absolute Gasteiger partial charge is 0.135 e. The third-order valence-electron chi connectivity index (χ3n) is 4.38. The molecule has 0 bridgehead atoms. The van der Waals surface area contributed by atoms with Gasteiger partial charge in [-0.3, -0.25) is 4.79 Å². The van der Waals surface area contributed by atoms with Crippen molar-refractivity contribution in [2.45, 2.75) is 78.6 Å². The Kier molecular flexibility index (Phi) is 6.84. The molecule has 0 aliphatic heterocycles. The number of ketones is 1. The van der Waals surface area contributed by atoms with Crippen LogP contribution in [0.25, 0.3) is 0 Å². The van der Waals surface area contributed by atoms with Gasteiger partial charge in [-0.15, -0.1) is 0 Å². The van der Waals surface area contributed by atoms with Crippen LogP contribution in [0.15, 0.2) is 0 Å². The van der Waals surface area contributed by atoms with Crippen LogP contribution >= 0.6 is 0 Å². The fourth-order valence-corrected chi connectivity index (χ4v) is 2.94. The summed E-state index contributed by atoms with van der Waals surface area (Å²) in [6.07, 6.45) is 11.7. The summed E-state index contributed by atoms with van der Waals surface area (Å²) in [4.78, 5) is 11.6. The molecular weight excluding hydrogens is 208 g/mol. The van der Waals surface area contributed by atoms with E-state index >= 15 is 0 Å². The van der Waals surface area contributed by atoms with E-state index in [9.17, 15) is 4.79 Å². The van der Waals surface area contributed by atoms with Gasteiger partial charge >= 0.3 is 0 Å². The highest BCUT2D eigenvalue weighted by atomic mass is 16.1. The summed E-state index contributed by atoms with van der Waals surface area (Å²) in [7, 11) is 0. The number of carbonyl (C=O) groups is 1. The average molecular weight is 238 g/mol. The minimum atomic E-state index is 0.232. The van der Waals surface area contributed by atoms with E-state index in [-0.39, 0.29) is 5.92 Å². The first-order valence-electron chi connectivity index (χ1n) is 7.66. The van der Waals surface area contributed by atoms with Crippen molar-refractivity contribution in [2.24, 2.45) is 17.8 Å². The van der Waals surface area contributed by atoms with E-state index in [1.165, 1.54) is 44.9 Å². The number of unbranched alkanes of at least 4 members (excludes halogenated alkanes) is 1. The van der Waals surface area contributed by atoms with E-state index in [1.54, 1.807) is 0 Å². The van der Waals surface area contributed by atoms with Gasteiger partial charge in [0.1, 0.15) is 5.78 Å². The zero-order chi connectivity index (χ0) is 12.7. The van der Waals surface area contributed by atoms with Gasteiger partial charge in [-0.2, -0.15) is 0 Å². The Balaban J connectivity index is 2.12. The van der Waals surface area contributed by atoms with Crippen LogP contribution in [0.2, 0.25) is 0 Å². The Morgan fingerprint density at radius 2 is 1.59 bits per heavy atom. The summed E-state index contributed by atoms with van der Waals surface area (Å²) in [6.45, 7) is 6.32. The summed E-state index contributed by atoms with van der Waals surface area (Å²) in [6, 6.07) is 0. The predicted molar refractivity (Wildman–Crippen MR) is 74.1 cm³/mol. The maximum atomic E-state index is 11.6. The third kappa shape index (κ3) is 5.70. The lowest BCUT2D eigenvalue weighted by Crippen LogP contribution is -2.16. The summed E-state index contributed by atoms with van der Waals surface area (Å²) in [5, 5.41) is 0. The predicted octanol–water partition coefficient (Wildman–Crippen LogP) is 4.99. The molecule has 0 aromatic carbocycles. The Labute approximate surface area is 107 Å². The van der Waals surface area contributed by atoms with Crippen LogP contribution in [0.4, 0.5) is 0 Å². The maximum Gasteiger partial charge on any atom is 0.135 e. The molecule has 0 N–H and O–H groups in total. The molecule has 1 saturated carbocycles. The average Bonchev–Trinajstić information content (AvgIpc) is 2.34. The molecule has 0 unspecified atom stereocenters. The van der Waals surface area contributed by atoms with Crippen LogP contribution in [0, 0.1) is 17.8 Å². The molecule has 0 heterocycles. The molecule has 1 fully saturated rings.